The predicted molar refractivity (Wildman–Crippen MR) is 71.0 cm³/mol. The number of hydrogen-bond donors (Lipinski definition) is 0. The largest absolute Gasteiger partial charge is 0.298 e. The first-order valence-corrected chi connectivity index (χ1v) is 8.09. The van der Waals surface area contributed by atoms with Crippen LogP contribution in [0, 0.1) is 0 Å². The average molecular weight is 285 g/mol. The number of rotatable bonds is 5. The van der Waals surface area contributed by atoms with Gasteiger partial charge in [0.2, 0.25) is 10.0 Å². The molecule has 0 radical (unpaired) electrons. The fraction of sp³-hybridized carbons (Fsp3) is 0.667. The summed E-state index contributed by atoms with van der Waals surface area (Å²) in [6.45, 7) is 2.23. The van der Waals surface area contributed by atoms with E-state index < -0.39 is 16.1 Å². The Hall–Kier alpha value is -1.21. The zero-order valence-electron chi connectivity index (χ0n) is 11.0. The fourth-order valence-electron chi connectivity index (χ4n) is 2.40. The lowest BCUT2D eigenvalue weighted by atomic mass is 10.0. The van der Waals surface area contributed by atoms with E-state index >= 15 is 0 Å². The molecular weight excluding hydrogens is 266 g/mol. The van der Waals surface area contributed by atoms with Crippen molar-refractivity contribution in [2.24, 2.45) is 0 Å². The highest BCUT2D eigenvalue weighted by Crippen LogP contribution is 2.21. The number of carbonyl (C=O) groups excluding carboxylic acids is 1. The van der Waals surface area contributed by atoms with Gasteiger partial charge in [0.1, 0.15) is 5.78 Å². The van der Waals surface area contributed by atoms with Crippen LogP contribution in [0.3, 0.4) is 0 Å². The number of carbonyl (C=O) groups is 1. The van der Waals surface area contributed by atoms with Crippen LogP contribution in [-0.4, -0.2) is 46.6 Å². The molecule has 1 fully saturated rings. The van der Waals surface area contributed by atoms with E-state index in [1.807, 2.05) is 0 Å². The van der Waals surface area contributed by atoms with Gasteiger partial charge < -0.3 is 0 Å². The van der Waals surface area contributed by atoms with E-state index in [1.54, 1.807) is 23.1 Å². The van der Waals surface area contributed by atoms with Crippen molar-refractivity contribution in [1.82, 2.24) is 14.1 Å². The standard InChI is InChI=1S/C12H19N3O3S/c1-11(16)12-5-2-3-8-15(12)19(17,18)10-9-14-7-4-6-13-14/h4,6-7,12H,2-3,5,8-10H2,1H3. The van der Waals surface area contributed by atoms with E-state index in [0.29, 0.717) is 19.5 Å². The van der Waals surface area contributed by atoms with Gasteiger partial charge in [-0.15, -0.1) is 0 Å². The van der Waals surface area contributed by atoms with Crippen LogP contribution >= 0.6 is 0 Å². The predicted octanol–water partition coefficient (Wildman–Crippen LogP) is 0.656. The molecule has 2 rings (SSSR count). The van der Waals surface area contributed by atoms with Crippen molar-refractivity contribution < 1.29 is 13.2 Å². The third kappa shape index (κ3) is 3.42. The number of nitrogens with zero attached hydrogens (tertiary/aromatic N) is 3. The molecule has 1 aromatic rings. The Morgan fingerprint density at radius 2 is 2.21 bits per heavy atom. The van der Waals surface area contributed by atoms with E-state index in [0.717, 1.165) is 12.8 Å². The SMILES string of the molecule is CC(=O)C1CCCCN1S(=O)(=O)CCn1cccn1. The van der Waals surface area contributed by atoms with Crippen molar-refractivity contribution >= 4 is 15.8 Å². The maximum atomic E-state index is 12.3. The molecule has 0 N–H and O–H groups in total. The zero-order valence-corrected chi connectivity index (χ0v) is 11.8. The van der Waals surface area contributed by atoms with Crippen LogP contribution in [0.15, 0.2) is 18.5 Å². The lowest BCUT2D eigenvalue weighted by Gasteiger charge is -2.33. The van der Waals surface area contributed by atoms with Crippen LogP contribution in [-0.2, 0) is 21.4 Å². The first-order valence-electron chi connectivity index (χ1n) is 6.48. The van der Waals surface area contributed by atoms with Crippen molar-refractivity contribution in [3.05, 3.63) is 18.5 Å². The van der Waals surface area contributed by atoms with Crippen LogP contribution in [0.25, 0.3) is 0 Å². The molecule has 1 aliphatic heterocycles. The second-order valence-corrected chi connectivity index (χ2v) is 6.86. The van der Waals surface area contributed by atoms with Crippen LogP contribution in [0.1, 0.15) is 26.2 Å². The van der Waals surface area contributed by atoms with Crippen molar-refractivity contribution in [3.63, 3.8) is 0 Å². The maximum Gasteiger partial charge on any atom is 0.216 e. The van der Waals surface area contributed by atoms with Gasteiger partial charge in [-0.1, -0.05) is 6.42 Å². The molecule has 0 aromatic carbocycles. The summed E-state index contributed by atoms with van der Waals surface area (Å²) < 4.78 is 27.6. The van der Waals surface area contributed by atoms with Crippen LogP contribution in [0.5, 0.6) is 0 Å². The first kappa shape index (κ1) is 14.2. The van der Waals surface area contributed by atoms with E-state index in [4.69, 9.17) is 0 Å². The number of aromatic nitrogens is 2. The van der Waals surface area contributed by atoms with Gasteiger partial charge in [0.25, 0.3) is 0 Å². The molecule has 0 amide bonds. The highest BCUT2D eigenvalue weighted by Gasteiger charge is 2.34. The summed E-state index contributed by atoms with van der Waals surface area (Å²) in [5.41, 5.74) is 0. The lowest BCUT2D eigenvalue weighted by molar-refractivity contribution is -0.121. The Morgan fingerprint density at radius 3 is 2.84 bits per heavy atom. The van der Waals surface area contributed by atoms with E-state index in [2.05, 4.69) is 5.10 Å². The summed E-state index contributed by atoms with van der Waals surface area (Å²) in [6, 6.07) is 1.28. The second-order valence-electron chi connectivity index (χ2n) is 4.82. The van der Waals surface area contributed by atoms with Crippen molar-refractivity contribution in [2.45, 2.75) is 38.8 Å². The van der Waals surface area contributed by atoms with Gasteiger partial charge in [-0.05, 0) is 25.8 Å². The maximum absolute atomic E-state index is 12.3. The van der Waals surface area contributed by atoms with E-state index in [9.17, 15) is 13.2 Å². The summed E-state index contributed by atoms with van der Waals surface area (Å²) in [4.78, 5) is 11.6. The topological polar surface area (TPSA) is 72.3 Å². The van der Waals surface area contributed by atoms with E-state index in [1.165, 1.54) is 11.2 Å². The van der Waals surface area contributed by atoms with Crippen molar-refractivity contribution in [2.75, 3.05) is 12.3 Å². The molecule has 19 heavy (non-hydrogen) atoms. The summed E-state index contributed by atoms with van der Waals surface area (Å²) in [6.07, 6.45) is 5.72. The van der Waals surface area contributed by atoms with E-state index in [-0.39, 0.29) is 11.5 Å². The molecule has 1 aliphatic rings. The Morgan fingerprint density at radius 1 is 1.42 bits per heavy atom. The highest BCUT2D eigenvalue weighted by atomic mass is 32.2. The molecule has 0 spiro atoms. The minimum Gasteiger partial charge on any atom is -0.298 e. The third-order valence-corrected chi connectivity index (χ3v) is 5.27. The monoisotopic (exact) mass is 285 g/mol. The Bertz CT molecular complexity index is 524. The molecule has 106 valence electrons. The molecule has 1 saturated heterocycles. The Labute approximate surface area is 113 Å². The van der Waals surface area contributed by atoms with Crippen LogP contribution in [0.4, 0.5) is 0 Å². The Kier molecular flexibility index (Phi) is 4.36. The smallest absolute Gasteiger partial charge is 0.216 e. The fourth-order valence-corrected chi connectivity index (χ4v) is 4.10. The average Bonchev–Trinajstić information content (AvgIpc) is 2.89. The quantitative estimate of drug-likeness (QED) is 0.796. The van der Waals surface area contributed by atoms with Gasteiger partial charge in [-0.3, -0.25) is 9.48 Å². The number of aryl methyl sites for hydroxylation is 1. The number of hydrogen-bond acceptors (Lipinski definition) is 4. The molecule has 7 heteroatoms. The highest BCUT2D eigenvalue weighted by molar-refractivity contribution is 7.89. The number of piperidine rings is 1. The van der Waals surface area contributed by atoms with Crippen molar-refractivity contribution in [3.8, 4) is 0 Å². The molecule has 0 aliphatic carbocycles. The minimum absolute atomic E-state index is 0.0154. The summed E-state index contributed by atoms with van der Waals surface area (Å²) in [7, 11) is -3.40. The third-order valence-electron chi connectivity index (χ3n) is 3.42. The van der Waals surface area contributed by atoms with Crippen LogP contribution in [0.2, 0.25) is 0 Å². The van der Waals surface area contributed by atoms with Gasteiger partial charge >= 0.3 is 0 Å². The Balaban J connectivity index is 2.06. The summed E-state index contributed by atoms with van der Waals surface area (Å²) >= 11 is 0. The first-order chi connectivity index (χ1) is 9.00. The molecule has 0 bridgehead atoms. The van der Waals surface area contributed by atoms with Gasteiger partial charge in [-0.25, -0.2) is 8.42 Å². The minimum atomic E-state index is -3.40. The zero-order chi connectivity index (χ0) is 13.9. The normalized spacial score (nSPS) is 21.4. The molecule has 1 aromatic heterocycles. The molecule has 0 saturated carbocycles. The molecular formula is C12H19N3O3S. The molecule has 2 heterocycles. The summed E-state index contributed by atoms with van der Waals surface area (Å²) in [5.74, 6) is -0.0827. The van der Waals surface area contributed by atoms with Gasteiger partial charge in [0.05, 0.1) is 18.3 Å². The molecule has 1 unspecified atom stereocenters. The summed E-state index contributed by atoms with van der Waals surface area (Å²) in [5, 5.41) is 3.99. The number of ketones is 1. The molecule has 1 atom stereocenters. The van der Waals surface area contributed by atoms with Gasteiger partial charge in [0.15, 0.2) is 0 Å². The van der Waals surface area contributed by atoms with Crippen LogP contribution < -0.4 is 0 Å². The van der Waals surface area contributed by atoms with Gasteiger partial charge in [0, 0.05) is 18.9 Å². The second kappa shape index (κ2) is 5.83. The lowest BCUT2D eigenvalue weighted by Crippen LogP contribution is -2.48. The molecule has 6 nitrogen and oxygen atoms in total. The van der Waals surface area contributed by atoms with Gasteiger partial charge in [-0.2, -0.15) is 9.40 Å². The van der Waals surface area contributed by atoms with Crippen molar-refractivity contribution in [1.29, 1.82) is 0 Å². The number of sulfonamides is 1. The number of Topliss-reactive ketones (excluding diaryl/α,β-unsaturated/α-hetero) is 1.